The number of ether oxygens (including phenoxy) is 2. The van der Waals surface area contributed by atoms with Crippen LogP contribution < -0.4 is 14.8 Å². The van der Waals surface area contributed by atoms with E-state index in [2.05, 4.69) is 5.32 Å². The van der Waals surface area contributed by atoms with Crippen molar-refractivity contribution in [2.24, 2.45) is 0 Å². The number of hydrogen-bond acceptors (Lipinski definition) is 4. The monoisotopic (exact) mass is 396 g/mol. The molecule has 0 saturated heterocycles. The molecule has 0 bridgehead atoms. The summed E-state index contributed by atoms with van der Waals surface area (Å²) in [6, 6.07) is 10.2. The fourth-order valence-electron chi connectivity index (χ4n) is 2.56. The summed E-state index contributed by atoms with van der Waals surface area (Å²) in [7, 11) is 5.06. The highest BCUT2D eigenvalue weighted by Crippen LogP contribution is 2.31. The first-order chi connectivity index (χ1) is 12.3. The molecule has 0 aromatic heterocycles. The van der Waals surface area contributed by atoms with Gasteiger partial charge in [-0.15, -0.1) is 0 Å². The number of likely N-dealkylation sites (N-methyl/N-ethyl adjacent to an activating group) is 1. The van der Waals surface area contributed by atoms with E-state index in [4.69, 9.17) is 32.7 Å². The third-order valence-electron chi connectivity index (χ3n) is 4.07. The van der Waals surface area contributed by atoms with Crippen LogP contribution in [0.25, 0.3) is 0 Å². The van der Waals surface area contributed by atoms with E-state index in [0.29, 0.717) is 33.8 Å². The topological polar surface area (TPSA) is 50.8 Å². The van der Waals surface area contributed by atoms with Gasteiger partial charge in [-0.25, -0.2) is 0 Å². The maximum Gasteiger partial charge on any atom is 0.241 e. The van der Waals surface area contributed by atoms with Crippen molar-refractivity contribution in [3.05, 3.63) is 52.0 Å². The van der Waals surface area contributed by atoms with E-state index in [1.807, 2.05) is 37.1 Å². The predicted octanol–water partition coefficient (Wildman–Crippen LogP) is 4.47. The summed E-state index contributed by atoms with van der Waals surface area (Å²) in [5.41, 5.74) is 1.49. The van der Waals surface area contributed by atoms with E-state index in [1.165, 1.54) is 0 Å². The van der Waals surface area contributed by atoms with Crippen molar-refractivity contribution in [3.8, 4) is 11.5 Å². The molecular formula is C19H22Cl2N2O3. The highest BCUT2D eigenvalue weighted by Gasteiger charge is 2.20. The van der Waals surface area contributed by atoms with Gasteiger partial charge in [-0.05, 0) is 38.2 Å². The lowest BCUT2D eigenvalue weighted by Crippen LogP contribution is -2.39. The fraction of sp³-hybridized carbons (Fsp3) is 0.316. The molecule has 0 aliphatic carbocycles. The van der Waals surface area contributed by atoms with Crippen LogP contribution in [0.2, 0.25) is 10.0 Å². The third kappa shape index (κ3) is 5.04. The summed E-state index contributed by atoms with van der Waals surface area (Å²) >= 11 is 11.9. The SMILES string of the molecule is COc1cccc(CN(C)C(C)C(=O)Nc2cc(Cl)cc(Cl)c2)c1OC. The third-order valence-corrected chi connectivity index (χ3v) is 4.51. The molecule has 26 heavy (non-hydrogen) atoms. The number of nitrogens with zero attached hydrogens (tertiary/aromatic N) is 1. The Balaban J connectivity index is 2.09. The van der Waals surface area contributed by atoms with Crippen molar-refractivity contribution in [1.29, 1.82) is 0 Å². The van der Waals surface area contributed by atoms with Crippen LogP contribution in [-0.2, 0) is 11.3 Å². The van der Waals surface area contributed by atoms with Crippen LogP contribution in [-0.4, -0.2) is 38.1 Å². The van der Waals surface area contributed by atoms with Crippen molar-refractivity contribution < 1.29 is 14.3 Å². The van der Waals surface area contributed by atoms with Crippen molar-refractivity contribution in [2.75, 3.05) is 26.6 Å². The smallest absolute Gasteiger partial charge is 0.241 e. The lowest BCUT2D eigenvalue weighted by Gasteiger charge is -2.25. The van der Waals surface area contributed by atoms with E-state index in [1.54, 1.807) is 32.4 Å². The number of methoxy groups -OCH3 is 2. The molecular weight excluding hydrogens is 375 g/mol. The second kappa shape index (κ2) is 9.12. The van der Waals surface area contributed by atoms with Crippen LogP contribution in [0.1, 0.15) is 12.5 Å². The largest absolute Gasteiger partial charge is 0.493 e. The number of carbonyl (C=O) groups excluding carboxylic acids is 1. The Labute approximate surface area is 163 Å². The van der Waals surface area contributed by atoms with Crippen molar-refractivity contribution >= 4 is 34.8 Å². The summed E-state index contributed by atoms with van der Waals surface area (Å²) < 4.78 is 10.8. The molecule has 2 aromatic carbocycles. The lowest BCUT2D eigenvalue weighted by atomic mass is 10.1. The molecule has 5 nitrogen and oxygen atoms in total. The van der Waals surface area contributed by atoms with Crippen molar-refractivity contribution in [3.63, 3.8) is 0 Å². The number of carbonyl (C=O) groups is 1. The van der Waals surface area contributed by atoms with Crippen molar-refractivity contribution in [2.45, 2.75) is 19.5 Å². The number of para-hydroxylation sites is 1. The zero-order chi connectivity index (χ0) is 19.3. The molecule has 1 unspecified atom stereocenters. The Hall–Kier alpha value is -1.95. The Morgan fingerprint density at radius 1 is 1.15 bits per heavy atom. The molecule has 0 fully saturated rings. The van der Waals surface area contributed by atoms with Crippen LogP contribution in [0.4, 0.5) is 5.69 Å². The number of benzene rings is 2. The standard InChI is InChI=1S/C19H22Cl2N2O3/c1-12(19(24)22-16-9-14(20)8-15(21)10-16)23(2)11-13-6-5-7-17(25-3)18(13)26-4/h5-10,12H,11H2,1-4H3,(H,22,24). The van der Waals surface area contributed by atoms with Crippen LogP contribution in [0.5, 0.6) is 11.5 Å². The van der Waals surface area contributed by atoms with Crippen LogP contribution in [0, 0.1) is 0 Å². The second-order valence-electron chi connectivity index (χ2n) is 5.89. The van der Waals surface area contributed by atoms with E-state index in [0.717, 1.165) is 5.56 Å². The molecule has 0 saturated carbocycles. The summed E-state index contributed by atoms with van der Waals surface area (Å²) in [6.45, 7) is 2.35. The van der Waals surface area contributed by atoms with Gasteiger partial charge in [0.2, 0.25) is 5.91 Å². The summed E-state index contributed by atoms with van der Waals surface area (Å²) in [5.74, 6) is 1.16. The van der Waals surface area contributed by atoms with Gasteiger partial charge in [0.15, 0.2) is 11.5 Å². The zero-order valence-corrected chi connectivity index (χ0v) is 16.7. The quantitative estimate of drug-likeness (QED) is 0.749. The molecule has 1 atom stereocenters. The number of hydrogen-bond donors (Lipinski definition) is 1. The van der Waals surface area contributed by atoms with Gasteiger partial charge in [-0.3, -0.25) is 9.69 Å². The molecule has 1 amide bonds. The number of anilines is 1. The summed E-state index contributed by atoms with van der Waals surface area (Å²) in [4.78, 5) is 14.5. The number of nitrogens with one attached hydrogen (secondary N) is 1. The van der Waals surface area contributed by atoms with Gasteiger partial charge in [0, 0.05) is 27.8 Å². The van der Waals surface area contributed by atoms with Gasteiger partial charge in [-0.2, -0.15) is 0 Å². The Kier molecular flexibility index (Phi) is 7.14. The highest BCUT2D eigenvalue weighted by molar-refractivity contribution is 6.35. The van der Waals surface area contributed by atoms with Gasteiger partial charge >= 0.3 is 0 Å². The number of halogens is 2. The average Bonchev–Trinajstić information content (AvgIpc) is 2.59. The molecule has 1 N–H and O–H groups in total. The molecule has 0 aliphatic heterocycles. The van der Waals surface area contributed by atoms with E-state index >= 15 is 0 Å². The highest BCUT2D eigenvalue weighted by atomic mass is 35.5. The predicted molar refractivity (Wildman–Crippen MR) is 106 cm³/mol. The molecule has 0 heterocycles. The van der Waals surface area contributed by atoms with Gasteiger partial charge in [0.05, 0.1) is 20.3 Å². The minimum Gasteiger partial charge on any atom is -0.493 e. The first kappa shape index (κ1) is 20.4. The molecule has 0 radical (unpaired) electrons. The average molecular weight is 397 g/mol. The second-order valence-corrected chi connectivity index (χ2v) is 6.76. The van der Waals surface area contributed by atoms with Crippen LogP contribution in [0.15, 0.2) is 36.4 Å². The van der Waals surface area contributed by atoms with E-state index in [-0.39, 0.29) is 11.9 Å². The maximum atomic E-state index is 12.5. The van der Waals surface area contributed by atoms with Gasteiger partial charge in [0.1, 0.15) is 0 Å². The normalized spacial score (nSPS) is 12.0. The Bertz CT molecular complexity index is 763. The first-order valence-electron chi connectivity index (χ1n) is 8.02. The summed E-state index contributed by atoms with van der Waals surface area (Å²) in [5, 5.41) is 3.77. The van der Waals surface area contributed by atoms with E-state index < -0.39 is 0 Å². The molecule has 7 heteroatoms. The fourth-order valence-corrected chi connectivity index (χ4v) is 3.08. The lowest BCUT2D eigenvalue weighted by molar-refractivity contribution is -0.120. The molecule has 140 valence electrons. The zero-order valence-electron chi connectivity index (χ0n) is 15.2. The first-order valence-corrected chi connectivity index (χ1v) is 8.78. The van der Waals surface area contributed by atoms with E-state index in [9.17, 15) is 4.79 Å². The molecule has 2 aromatic rings. The van der Waals surface area contributed by atoms with Gasteiger partial charge < -0.3 is 14.8 Å². The Morgan fingerprint density at radius 2 is 1.81 bits per heavy atom. The van der Waals surface area contributed by atoms with Crippen molar-refractivity contribution in [1.82, 2.24) is 4.90 Å². The number of rotatable bonds is 7. The molecule has 0 aliphatic rings. The minimum atomic E-state index is -0.385. The summed E-state index contributed by atoms with van der Waals surface area (Å²) in [6.07, 6.45) is 0. The van der Waals surface area contributed by atoms with Gasteiger partial charge in [0.25, 0.3) is 0 Å². The molecule has 0 spiro atoms. The van der Waals surface area contributed by atoms with Crippen LogP contribution in [0.3, 0.4) is 0 Å². The molecule has 2 rings (SSSR count). The minimum absolute atomic E-state index is 0.160. The van der Waals surface area contributed by atoms with Gasteiger partial charge in [-0.1, -0.05) is 35.3 Å². The number of amides is 1. The van der Waals surface area contributed by atoms with Crippen LogP contribution >= 0.6 is 23.2 Å². The maximum absolute atomic E-state index is 12.5. The Morgan fingerprint density at radius 3 is 2.38 bits per heavy atom.